The zero-order chi connectivity index (χ0) is 14.4. The minimum atomic E-state index is 0.263. The van der Waals surface area contributed by atoms with Crippen molar-refractivity contribution in [1.29, 1.82) is 0 Å². The zero-order valence-electron chi connectivity index (χ0n) is 13.3. The van der Waals surface area contributed by atoms with Gasteiger partial charge in [0.25, 0.3) is 0 Å². The molecule has 1 N–H and O–H groups in total. The highest BCUT2D eigenvalue weighted by Crippen LogP contribution is 2.24. The molecule has 1 saturated heterocycles. The fourth-order valence-corrected chi connectivity index (χ4v) is 3.66. The molecule has 0 aromatic heterocycles. The van der Waals surface area contributed by atoms with Crippen molar-refractivity contribution in [3.8, 4) is 0 Å². The summed E-state index contributed by atoms with van der Waals surface area (Å²) in [6.07, 6.45) is 5.59. The van der Waals surface area contributed by atoms with E-state index < -0.39 is 0 Å². The second kappa shape index (κ2) is 8.32. The number of hydrogen-bond donors (Lipinski definition) is 1. The second-order valence-corrected chi connectivity index (χ2v) is 6.80. The quantitative estimate of drug-likeness (QED) is 0.770. The molecule has 2 rings (SSSR count). The van der Waals surface area contributed by atoms with Gasteiger partial charge in [-0.05, 0) is 18.8 Å². The standard InChI is InChI=1S/C16H32N2O2/c1-14(2)11-17-8-10-20-16(12-17)13-18(7-9-19)15-5-3-4-6-15/h14-16,19H,3-13H2,1-2H3. The number of rotatable bonds is 7. The topological polar surface area (TPSA) is 35.9 Å². The summed E-state index contributed by atoms with van der Waals surface area (Å²) in [5, 5.41) is 9.30. The van der Waals surface area contributed by atoms with Gasteiger partial charge < -0.3 is 9.84 Å². The van der Waals surface area contributed by atoms with Crippen molar-refractivity contribution < 1.29 is 9.84 Å². The molecular formula is C16H32N2O2. The first-order valence-corrected chi connectivity index (χ1v) is 8.38. The predicted octanol–water partition coefficient (Wildman–Crippen LogP) is 1.58. The fourth-order valence-electron chi connectivity index (χ4n) is 3.66. The van der Waals surface area contributed by atoms with E-state index >= 15 is 0 Å². The Hall–Kier alpha value is -0.160. The third-order valence-corrected chi connectivity index (χ3v) is 4.51. The minimum Gasteiger partial charge on any atom is -0.395 e. The molecule has 0 amide bonds. The Labute approximate surface area is 124 Å². The second-order valence-electron chi connectivity index (χ2n) is 6.80. The lowest BCUT2D eigenvalue weighted by atomic mass is 10.1. The maximum Gasteiger partial charge on any atom is 0.0829 e. The van der Waals surface area contributed by atoms with Gasteiger partial charge in [-0.15, -0.1) is 0 Å². The number of aliphatic hydroxyl groups excluding tert-OH is 1. The normalized spacial score (nSPS) is 25.9. The summed E-state index contributed by atoms with van der Waals surface area (Å²) in [7, 11) is 0. The van der Waals surface area contributed by atoms with Crippen LogP contribution in [0.5, 0.6) is 0 Å². The number of hydrogen-bond acceptors (Lipinski definition) is 4. The molecule has 0 aromatic carbocycles. The summed E-state index contributed by atoms with van der Waals surface area (Å²) in [5.41, 5.74) is 0. The molecule has 4 heteroatoms. The maximum absolute atomic E-state index is 9.30. The molecule has 1 aliphatic carbocycles. The van der Waals surface area contributed by atoms with E-state index in [1.54, 1.807) is 0 Å². The molecule has 0 aromatic rings. The lowest BCUT2D eigenvalue weighted by Gasteiger charge is -2.38. The highest BCUT2D eigenvalue weighted by molar-refractivity contribution is 4.82. The lowest BCUT2D eigenvalue weighted by Crippen LogP contribution is -2.50. The molecule has 2 fully saturated rings. The largest absolute Gasteiger partial charge is 0.395 e. The monoisotopic (exact) mass is 284 g/mol. The number of ether oxygens (including phenoxy) is 1. The van der Waals surface area contributed by atoms with Crippen molar-refractivity contribution in [2.24, 2.45) is 5.92 Å². The van der Waals surface area contributed by atoms with Gasteiger partial charge in [-0.25, -0.2) is 0 Å². The third kappa shape index (κ3) is 4.99. The van der Waals surface area contributed by atoms with Gasteiger partial charge in [0.2, 0.25) is 0 Å². The summed E-state index contributed by atoms with van der Waals surface area (Å²) >= 11 is 0. The van der Waals surface area contributed by atoms with E-state index in [9.17, 15) is 5.11 Å². The van der Waals surface area contributed by atoms with Crippen LogP contribution in [0.4, 0.5) is 0 Å². The van der Waals surface area contributed by atoms with E-state index in [0.29, 0.717) is 12.1 Å². The molecule has 1 unspecified atom stereocenters. The molecule has 1 saturated carbocycles. The van der Waals surface area contributed by atoms with Crippen LogP contribution in [0.25, 0.3) is 0 Å². The molecule has 0 bridgehead atoms. The molecule has 0 radical (unpaired) electrons. The predicted molar refractivity (Wildman–Crippen MR) is 81.9 cm³/mol. The molecular weight excluding hydrogens is 252 g/mol. The Bertz CT molecular complexity index is 267. The van der Waals surface area contributed by atoms with Crippen LogP contribution in [0.3, 0.4) is 0 Å². The minimum absolute atomic E-state index is 0.263. The van der Waals surface area contributed by atoms with Gasteiger partial charge in [-0.3, -0.25) is 9.80 Å². The first-order chi connectivity index (χ1) is 9.69. The molecule has 1 atom stereocenters. The van der Waals surface area contributed by atoms with Crippen LogP contribution in [-0.2, 0) is 4.74 Å². The van der Waals surface area contributed by atoms with E-state index in [2.05, 4.69) is 23.6 Å². The van der Waals surface area contributed by atoms with Crippen LogP contribution >= 0.6 is 0 Å². The van der Waals surface area contributed by atoms with Crippen LogP contribution in [-0.4, -0.2) is 73.0 Å². The van der Waals surface area contributed by atoms with E-state index in [0.717, 1.165) is 38.7 Å². The van der Waals surface area contributed by atoms with Crippen LogP contribution in [0, 0.1) is 5.92 Å². The highest BCUT2D eigenvalue weighted by atomic mass is 16.5. The van der Waals surface area contributed by atoms with E-state index in [4.69, 9.17) is 4.74 Å². The number of morpholine rings is 1. The highest BCUT2D eigenvalue weighted by Gasteiger charge is 2.27. The Morgan fingerprint density at radius 3 is 2.70 bits per heavy atom. The van der Waals surface area contributed by atoms with Crippen LogP contribution < -0.4 is 0 Å². The van der Waals surface area contributed by atoms with Crippen molar-refractivity contribution in [3.05, 3.63) is 0 Å². The smallest absolute Gasteiger partial charge is 0.0829 e. The van der Waals surface area contributed by atoms with Crippen LogP contribution in [0.1, 0.15) is 39.5 Å². The first-order valence-electron chi connectivity index (χ1n) is 8.38. The first kappa shape index (κ1) is 16.2. The number of aliphatic hydroxyl groups is 1. The lowest BCUT2D eigenvalue weighted by molar-refractivity contribution is -0.0524. The Balaban J connectivity index is 1.82. The molecule has 4 nitrogen and oxygen atoms in total. The SMILES string of the molecule is CC(C)CN1CCOC(CN(CCO)C2CCCC2)C1. The number of nitrogens with zero attached hydrogens (tertiary/aromatic N) is 2. The van der Waals surface area contributed by atoms with Crippen molar-refractivity contribution in [1.82, 2.24) is 9.80 Å². The van der Waals surface area contributed by atoms with Gasteiger partial charge in [0.1, 0.15) is 0 Å². The molecule has 0 spiro atoms. The summed E-state index contributed by atoms with van der Waals surface area (Å²) in [4.78, 5) is 5.00. The molecule has 1 aliphatic heterocycles. The van der Waals surface area contributed by atoms with Gasteiger partial charge in [0.05, 0.1) is 19.3 Å². The van der Waals surface area contributed by atoms with Gasteiger partial charge >= 0.3 is 0 Å². The van der Waals surface area contributed by atoms with Gasteiger partial charge in [0, 0.05) is 38.8 Å². The van der Waals surface area contributed by atoms with Gasteiger partial charge in [-0.1, -0.05) is 26.7 Å². The molecule has 1 heterocycles. The van der Waals surface area contributed by atoms with Gasteiger partial charge in [0.15, 0.2) is 0 Å². The van der Waals surface area contributed by atoms with Crippen LogP contribution in [0.15, 0.2) is 0 Å². The summed E-state index contributed by atoms with van der Waals surface area (Å²) in [6, 6.07) is 0.672. The zero-order valence-corrected chi connectivity index (χ0v) is 13.3. The van der Waals surface area contributed by atoms with Crippen molar-refractivity contribution in [3.63, 3.8) is 0 Å². The van der Waals surface area contributed by atoms with Crippen LogP contribution in [0.2, 0.25) is 0 Å². The van der Waals surface area contributed by atoms with Crippen molar-refractivity contribution in [2.45, 2.75) is 51.7 Å². The summed E-state index contributed by atoms with van der Waals surface area (Å²) < 4.78 is 5.96. The third-order valence-electron chi connectivity index (χ3n) is 4.51. The Morgan fingerprint density at radius 2 is 2.05 bits per heavy atom. The summed E-state index contributed by atoms with van der Waals surface area (Å²) in [5.74, 6) is 0.720. The molecule has 2 aliphatic rings. The van der Waals surface area contributed by atoms with Crippen molar-refractivity contribution in [2.75, 3.05) is 45.9 Å². The molecule has 118 valence electrons. The fraction of sp³-hybridized carbons (Fsp3) is 1.00. The maximum atomic E-state index is 9.30. The van der Waals surface area contributed by atoms with E-state index in [1.807, 2.05) is 0 Å². The van der Waals surface area contributed by atoms with Gasteiger partial charge in [-0.2, -0.15) is 0 Å². The molecule has 20 heavy (non-hydrogen) atoms. The Morgan fingerprint density at radius 1 is 1.30 bits per heavy atom. The average Bonchev–Trinajstić information content (AvgIpc) is 2.91. The van der Waals surface area contributed by atoms with Crippen molar-refractivity contribution >= 4 is 0 Å². The average molecular weight is 284 g/mol. The summed E-state index contributed by atoms with van der Waals surface area (Å²) in [6.45, 7) is 10.7. The van der Waals surface area contributed by atoms with E-state index in [-0.39, 0.29) is 6.61 Å². The van der Waals surface area contributed by atoms with E-state index in [1.165, 1.54) is 32.2 Å². The Kier molecular flexibility index (Phi) is 6.75.